The highest BCUT2D eigenvalue weighted by Crippen LogP contribution is 2.42. The molecule has 0 aromatic carbocycles. The number of carbonyl (C=O) groups is 1. The maximum absolute atomic E-state index is 12.1. The number of fused-ring (bicyclic) bond motifs is 1. The Labute approximate surface area is 228 Å². The average molecular weight is 596 g/mol. The second kappa shape index (κ2) is 13.5. The highest BCUT2D eigenvalue weighted by molar-refractivity contribution is 7.52. The summed E-state index contributed by atoms with van der Waals surface area (Å²) in [5.41, 5.74) is 0.294. The molecule has 1 unspecified atom stereocenters. The SMILES string of the molecule is COCCOC(=O)OCOP(=O)(O)COC[C@H]1O[C@@H](n2ncc3c(NC4CCCC4)nc(Cl)nc32)[C@H](O)[C@@H]1O. The van der Waals surface area contributed by atoms with Crippen molar-refractivity contribution in [2.24, 2.45) is 0 Å². The fourth-order valence-corrected chi connectivity index (χ4v) is 5.05. The third kappa shape index (κ3) is 7.74. The van der Waals surface area contributed by atoms with Crippen molar-refractivity contribution in [3.63, 3.8) is 0 Å². The van der Waals surface area contributed by atoms with Crippen molar-refractivity contribution in [1.29, 1.82) is 0 Å². The number of nitrogens with zero attached hydrogens (tertiary/aromatic N) is 4. The van der Waals surface area contributed by atoms with Gasteiger partial charge in [-0.2, -0.15) is 15.1 Å². The summed E-state index contributed by atoms with van der Waals surface area (Å²) < 4.78 is 42.9. The van der Waals surface area contributed by atoms with E-state index in [0.717, 1.165) is 25.7 Å². The first-order chi connectivity index (χ1) is 18.7. The zero-order valence-electron chi connectivity index (χ0n) is 21.0. The van der Waals surface area contributed by atoms with E-state index >= 15 is 0 Å². The molecule has 0 amide bonds. The number of ether oxygens (including phenoxy) is 5. The number of aliphatic hydroxyl groups excluding tert-OH is 2. The molecule has 0 bridgehead atoms. The molecule has 1 aliphatic carbocycles. The number of anilines is 1. The Morgan fingerprint density at radius 1 is 1.23 bits per heavy atom. The van der Waals surface area contributed by atoms with Gasteiger partial charge in [-0.15, -0.1) is 0 Å². The van der Waals surface area contributed by atoms with Crippen molar-refractivity contribution in [2.45, 2.75) is 56.3 Å². The maximum Gasteiger partial charge on any atom is 0.510 e. The smallest absolute Gasteiger partial charge is 0.432 e. The first-order valence-corrected chi connectivity index (χ1v) is 14.3. The quantitative estimate of drug-likeness (QED) is 0.0848. The molecule has 4 N–H and O–H groups in total. The maximum atomic E-state index is 12.1. The van der Waals surface area contributed by atoms with Gasteiger partial charge in [0.25, 0.3) is 0 Å². The van der Waals surface area contributed by atoms with Gasteiger partial charge in [0, 0.05) is 13.2 Å². The molecule has 18 heteroatoms. The summed E-state index contributed by atoms with van der Waals surface area (Å²) in [6, 6.07) is 0.256. The molecule has 1 saturated carbocycles. The summed E-state index contributed by atoms with van der Waals surface area (Å²) >= 11 is 6.15. The molecule has 0 radical (unpaired) electrons. The van der Waals surface area contributed by atoms with Gasteiger partial charge < -0.3 is 44.1 Å². The van der Waals surface area contributed by atoms with E-state index in [4.69, 9.17) is 25.8 Å². The Hall–Kier alpha value is -2.14. The zero-order valence-corrected chi connectivity index (χ0v) is 22.7. The fourth-order valence-electron chi connectivity index (χ4n) is 4.26. The van der Waals surface area contributed by atoms with Crippen LogP contribution in [0.25, 0.3) is 11.0 Å². The second-order valence-electron chi connectivity index (χ2n) is 8.96. The molecule has 16 nitrogen and oxygen atoms in total. The van der Waals surface area contributed by atoms with Crippen molar-refractivity contribution < 1.29 is 52.7 Å². The van der Waals surface area contributed by atoms with Crippen LogP contribution in [0.15, 0.2) is 6.20 Å². The minimum Gasteiger partial charge on any atom is -0.432 e. The molecule has 1 saturated heterocycles. The van der Waals surface area contributed by atoms with Crippen LogP contribution in [-0.4, -0.2) is 105 Å². The van der Waals surface area contributed by atoms with Crippen molar-refractivity contribution in [2.75, 3.05) is 45.4 Å². The van der Waals surface area contributed by atoms with Gasteiger partial charge in [0.2, 0.25) is 12.1 Å². The van der Waals surface area contributed by atoms with Crippen LogP contribution in [0, 0.1) is 0 Å². The number of aliphatic hydroxyl groups is 2. The van der Waals surface area contributed by atoms with E-state index in [1.165, 1.54) is 18.0 Å². The Bertz CT molecular complexity index is 1170. The fraction of sp³-hybridized carbons (Fsp3) is 0.714. The summed E-state index contributed by atoms with van der Waals surface area (Å²) in [6.45, 7) is -1.12. The molecule has 0 spiro atoms. The van der Waals surface area contributed by atoms with Crippen molar-refractivity contribution >= 4 is 42.2 Å². The summed E-state index contributed by atoms with van der Waals surface area (Å²) in [7, 11) is -2.91. The Balaban J connectivity index is 1.31. The lowest BCUT2D eigenvalue weighted by molar-refractivity contribution is -0.0669. The van der Waals surface area contributed by atoms with Gasteiger partial charge in [-0.1, -0.05) is 12.8 Å². The standard InChI is InChI=1S/C21H31ClN5O11P/c1-33-6-7-35-21(30)36-10-37-39(31,32)11-34-9-14-15(28)16(29)19(38-14)27-18-13(8-23-27)17(25-20(22)26-18)24-12-4-2-3-5-12/h8,12,14-16,19,28-29H,2-7,9-11H2,1H3,(H,31,32)(H,24,25,26)/t14-,15-,16-,19-/m1/s1. The highest BCUT2D eigenvalue weighted by Gasteiger charge is 2.45. The van der Waals surface area contributed by atoms with Crippen LogP contribution in [0.4, 0.5) is 10.6 Å². The molecule has 5 atom stereocenters. The molecule has 2 aliphatic rings. The Morgan fingerprint density at radius 2 is 2.00 bits per heavy atom. The van der Waals surface area contributed by atoms with E-state index in [1.54, 1.807) is 0 Å². The molecule has 2 aromatic rings. The molecule has 4 rings (SSSR count). The molecular weight excluding hydrogens is 565 g/mol. The monoisotopic (exact) mass is 595 g/mol. The highest BCUT2D eigenvalue weighted by atomic mass is 35.5. The molecule has 39 heavy (non-hydrogen) atoms. The lowest BCUT2D eigenvalue weighted by Crippen LogP contribution is -2.34. The summed E-state index contributed by atoms with van der Waals surface area (Å²) in [5.74, 6) is 0.516. The number of nitrogens with one attached hydrogen (secondary N) is 1. The normalized spacial score (nSPS) is 25.2. The molecule has 1 aliphatic heterocycles. The lowest BCUT2D eigenvalue weighted by Gasteiger charge is -2.17. The first-order valence-electron chi connectivity index (χ1n) is 12.2. The second-order valence-corrected chi connectivity index (χ2v) is 11.1. The number of methoxy groups -OCH3 is 1. The van der Waals surface area contributed by atoms with Crippen LogP contribution in [0.1, 0.15) is 31.9 Å². The van der Waals surface area contributed by atoms with Crippen molar-refractivity contribution in [1.82, 2.24) is 19.7 Å². The van der Waals surface area contributed by atoms with Gasteiger partial charge in [-0.25, -0.2) is 9.48 Å². The number of rotatable bonds is 13. The molecule has 2 fully saturated rings. The number of hydrogen-bond donors (Lipinski definition) is 4. The van der Waals surface area contributed by atoms with Crippen LogP contribution >= 0.6 is 19.2 Å². The molecular formula is C21H31ClN5O11P. The summed E-state index contributed by atoms with van der Waals surface area (Å²) in [6.07, 6.45) is -1.17. The van der Waals surface area contributed by atoms with Crippen LogP contribution < -0.4 is 5.32 Å². The largest absolute Gasteiger partial charge is 0.510 e. The molecule has 2 aromatic heterocycles. The minimum absolute atomic E-state index is 0.0245. The number of hydrogen-bond acceptors (Lipinski definition) is 14. The van der Waals surface area contributed by atoms with Gasteiger partial charge >= 0.3 is 13.8 Å². The number of halogens is 1. The van der Waals surface area contributed by atoms with Crippen LogP contribution in [0.5, 0.6) is 0 Å². The predicted octanol–water partition coefficient (Wildman–Crippen LogP) is 1.39. The first kappa shape index (κ1) is 29.8. The third-order valence-corrected chi connectivity index (χ3v) is 7.36. The third-order valence-electron chi connectivity index (χ3n) is 6.18. The van der Waals surface area contributed by atoms with Gasteiger partial charge in [0.1, 0.15) is 37.1 Å². The van der Waals surface area contributed by atoms with Crippen molar-refractivity contribution in [3.8, 4) is 0 Å². The Morgan fingerprint density at radius 3 is 2.74 bits per heavy atom. The number of aromatic nitrogens is 4. The Kier molecular flexibility index (Phi) is 10.3. The van der Waals surface area contributed by atoms with E-state index in [1.807, 2.05) is 0 Å². The molecule has 218 valence electrons. The van der Waals surface area contributed by atoms with Gasteiger partial charge in [-0.3, -0.25) is 9.09 Å². The molecule has 3 heterocycles. The zero-order chi connectivity index (χ0) is 28.0. The lowest BCUT2D eigenvalue weighted by atomic mass is 10.1. The average Bonchev–Trinajstić information content (AvgIpc) is 3.61. The van der Waals surface area contributed by atoms with Crippen LogP contribution in [-0.2, 0) is 32.8 Å². The van der Waals surface area contributed by atoms with Gasteiger partial charge in [0.05, 0.1) is 24.8 Å². The van der Waals surface area contributed by atoms with E-state index < -0.39 is 51.4 Å². The van der Waals surface area contributed by atoms with Crippen molar-refractivity contribution in [3.05, 3.63) is 11.5 Å². The van der Waals surface area contributed by atoms with E-state index in [2.05, 4.69) is 34.4 Å². The minimum atomic E-state index is -4.33. The summed E-state index contributed by atoms with van der Waals surface area (Å²) in [4.78, 5) is 29.7. The van der Waals surface area contributed by atoms with Gasteiger partial charge in [0.15, 0.2) is 11.9 Å². The van der Waals surface area contributed by atoms with E-state index in [-0.39, 0.29) is 31.1 Å². The van der Waals surface area contributed by atoms with Crippen LogP contribution in [0.2, 0.25) is 5.28 Å². The van der Waals surface area contributed by atoms with E-state index in [9.17, 15) is 24.5 Å². The number of carbonyl (C=O) groups excluding carboxylic acids is 1. The van der Waals surface area contributed by atoms with Crippen LogP contribution in [0.3, 0.4) is 0 Å². The summed E-state index contributed by atoms with van der Waals surface area (Å²) in [5, 5.41) is 29.4. The predicted molar refractivity (Wildman–Crippen MR) is 133 cm³/mol. The topological polar surface area (TPSA) is 206 Å². The van der Waals surface area contributed by atoms with Gasteiger partial charge in [-0.05, 0) is 24.4 Å². The van der Waals surface area contributed by atoms with E-state index in [0.29, 0.717) is 16.9 Å².